The van der Waals surface area contributed by atoms with Gasteiger partial charge < -0.3 is 14.2 Å². The van der Waals surface area contributed by atoms with E-state index in [0.29, 0.717) is 12.5 Å². The number of ether oxygens (including phenoxy) is 3. The first-order chi connectivity index (χ1) is 9.19. The summed E-state index contributed by atoms with van der Waals surface area (Å²) in [5, 5.41) is 0. The Balaban J connectivity index is 1.96. The van der Waals surface area contributed by atoms with Crippen molar-refractivity contribution in [2.75, 3.05) is 20.8 Å². The lowest BCUT2D eigenvalue weighted by Crippen LogP contribution is -2.08. The van der Waals surface area contributed by atoms with Crippen LogP contribution in [0.4, 0.5) is 0 Å². The maximum Gasteiger partial charge on any atom is 0.309 e. The van der Waals surface area contributed by atoms with Crippen molar-refractivity contribution in [3.05, 3.63) is 23.8 Å². The number of benzene rings is 1. The van der Waals surface area contributed by atoms with E-state index >= 15 is 0 Å². The Bertz CT molecular complexity index is 455. The molecule has 0 amide bonds. The molecule has 0 aromatic heterocycles. The summed E-state index contributed by atoms with van der Waals surface area (Å²) in [7, 11) is 3.25. The van der Waals surface area contributed by atoms with Gasteiger partial charge in [-0.3, -0.25) is 4.79 Å². The Hall–Kier alpha value is -1.71. The number of methoxy groups -OCH3 is 2. The van der Waals surface area contributed by atoms with Crippen LogP contribution in [0.15, 0.2) is 18.2 Å². The summed E-state index contributed by atoms with van der Waals surface area (Å²) >= 11 is 0. The minimum atomic E-state index is -0.0621. The highest BCUT2D eigenvalue weighted by molar-refractivity contribution is 5.75. The van der Waals surface area contributed by atoms with Gasteiger partial charge in [-0.1, -0.05) is 6.07 Å². The second-order valence-electron chi connectivity index (χ2n) is 4.75. The highest BCUT2D eigenvalue weighted by atomic mass is 16.5. The van der Waals surface area contributed by atoms with Gasteiger partial charge in [0.05, 0.1) is 26.7 Å². The van der Waals surface area contributed by atoms with Gasteiger partial charge in [0.1, 0.15) is 0 Å². The van der Waals surface area contributed by atoms with E-state index in [-0.39, 0.29) is 11.9 Å². The Kier molecular flexibility index (Phi) is 4.30. The van der Waals surface area contributed by atoms with Crippen LogP contribution < -0.4 is 9.47 Å². The van der Waals surface area contributed by atoms with Gasteiger partial charge in [-0.05, 0) is 43.4 Å². The lowest BCUT2D eigenvalue weighted by molar-refractivity contribution is -0.145. The average molecular weight is 264 g/mol. The van der Waals surface area contributed by atoms with E-state index in [1.54, 1.807) is 14.2 Å². The molecule has 1 aliphatic carbocycles. The predicted octanol–water partition coefficient (Wildman–Crippen LogP) is 2.45. The zero-order valence-corrected chi connectivity index (χ0v) is 11.6. The van der Waals surface area contributed by atoms with Gasteiger partial charge in [0.2, 0.25) is 0 Å². The molecule has 0 N–H and O–H groups in total. The summed E-state index contributed by atoms with van der Waals surface area (Å²) in [6.07, 6.45) is 1.80. The Morgan fingerprint density at radius 1 is 1.26 bits per heavy atom. The molecule has 1 aromatic rings. The van der Waals surface area contributed by atoms with Crippen LogP contribution in [0.5, 0.6) is 11.5 Å². The molecule has 1 saturated carbocycles. The molecule has 1 aromatic carbocycles. The molecule has 0 bridgehead atoms. The summed E-state index contributed by atoms with van der Waals surface area (Å²) in [6, 6.07) is 5.89. The molecule has 0 saturated heterocycles. The smallest absolute Gasteiger partial charge is 0.309 e. The number of carbonyl (C=O) groups excluding carboxylic acids is 1. The van der Waals surface area contributed by atoms with Crippen LogP contribution >= 0.6 is 0 Å². The van der Waals surface area contributed by atoms with E-state index in [0.717, 1.165) is 29.9 Å². The number of hydrogen-bond donors (Lipinski definition) is 0. The van der Waals surface area contributed by atoms with E-state index < -0.39 is 0 Å². The largest absolute Gasteiger partial charge is 0.493 e. The monoisotopic (exact) mass is 264 g/mol. The molecular formula is C15H20O4. The van der Waals surface area contributed by atoms with E-state index in [1.807, 2.05) is 25.1 Å². The van der Waals surface area contributed by atoms with E-state index in [1.165, 1.54) is 0 Å². The molecule has 4 nitrogen and oxygen atoms in total. The summed E-state index contributed by atoms with van der Waals surface area (Å²) in [4.78, 5) is 11.6. The lowest BCUT2D eigenvalue weighted by atomic mass is 10.1. The van der Waals surface area contributed by atoms with Gasteiger partial charge in [0, 0.05) is 0 Å². The van der Waals surface area contributed by atoms with Crippen molar-refractivity contribution in [1.29, 1.82) is 0 Å². The highest BCUT2D eigenvalue weighted by Crippen LogP contribution is 2.42. The molecule has 1 fully saturated rings. The SMILES string of the molecule is CCOC(=O)[C@@H]1C[C@@H]1Cc1ccc(OC)c(OC)c1. The van der Waals surface area contributed by atoms with E-state index in [9.17, 15) is 4.79 Å². The maximum atomic E-state index is 11.6. The second kappa shape index (κ2) is 5.95. The van der Waals surface area contributed by atoms with Crippen molar-refractivity contribution in [3.63, 3.8) is 0 Å². The van der Waals surface area contributed by atoms with Gasteiger partial charge >= 0.3 is 5.97 Å². The van der Waals surface area contributed by atoms with Gasteiger partial charge in [-0.15, -0.1) is 0 Å². The molecule has 0 heterocycles. The second-order valence-corrected chi connectivity index (χ2v) is 4.75. The highest BCUT2D eigenvalue weighted by Gasteiger charge is 2.43. The fraction of sp³-hybridized carbons (Fsp3) is 0.533. The van der Waals surface area contributed by atoms with Crippen LogP contribution in [0.3, 0.4) is 0 Å². The Labute approximate surface area is 113 Å². The first-order valence-electron chi connectivity index (χ1n) is 6.57. The zero-order chi connectivity index (χ0) is 13.8. The fourth-order valence-corrected chi connectivity index (χ4v) is 2.32. The van der Waals surface area contributed by atoms with Crippen molar-refractivity contribution >= 4 is 5.97 Å². The van der Waals surface area contributed by atoms with Crippen LogP contribution in [0.25, 0.3) is 0 Å². The molecule has 0 radical (unpaired) electrons. The fourth-order valence-electron chi connectivity index (χ4n) is 2.32. The third-order valence-electron chi connectivity index (χ3n) is 3.46. The minimum Gasteiger partial charge on any atom is -0.493 e. The number of hydrogen-bond acceptors (Lipinski definition) is 4. The summed E-state index contributed by atoms with van der Waals surface area (Å²) in [5.41, 5.74) is 1.16. The molecule has 19 heavy (non-hydrogen) atoms. The van der Waals surface area contributed by atoms with Gasteiger partial charge in [-0.25, -0.2) is 0 Å². The standard InChI is InChI=1S/C15H20O4/c1-4-19-15(16)12-9-11(12)7-10-5-6-13(17-2)14(8-10)18-3/h5-6,8,11-12H,4,7,9H2,1-3H3/t11-,12+/m0/s1. The molecule has 0 unspecified atom stereocenters. The summed E-state index contributed by atoms with van der Waals surface area (Å²) in [6.45, 7) is 2.29. The third-order valence-corrected chi connectivity index (χ3v) is 3.46. The quantitative estimate of drug-likeness (QED) is 0.740. The maximum absolute atomic E-state index is 11.6. The molecule has 4 heteroatoms. The number of carbonyl (C=O) groups is 1. The van der Waals surface area contributed by atoms with Crippen molar-refractivity contribution in [2.45, 2.75) is 19.8 Å². The molecule has 1 aliphatic rings. The minimum absolute atomic E-state index is 0.0621. The van der Waals surface area contributed by atoms with Crippen LogP contribution in [-0.4, -0.2) is 26.8 Å². The molecule has 0 aliphatic heterocycles. The topological polar surface area (TPSA) is 44.8 Å². The average Bonchev–Trinajstić information content (AvgIpc) is 3.18. The van der Waals surface area contributed by atoms with Gasteiger partial charge in [-0.2, -0.15) is 0 Å². The molecule has 0 spiro atoms. The van der Waals surface area contributed by atoms with Crippen molar-refractivity contribution in [2.24, 2.45) is 11.8 Å². The van der Waals surface area contributed by atoms with E-state index in [4.69, 9.17) is 14.2 Å². The third kappa shape index (κ3) is 3.19. The molecule has 2 rings (SSSR count). The van der Waals surface area contributed by atoms with Crippen molar-refractivity contribution in [1.82, 2.24) is 0 Å². The Morgan fingerprint density at radius 2 is 2.00 bits per heavy atom. The van der Waals surface area contributed by atoms with Crippen LogP contribution in [0, 0.1) is 11.8 Å². The summed E-state index contributed by atoms with van der Waals surface area (Å²) in [5.74, 6) is 1.87. The van der Waals surface area contributed by atoms with Crippen molar-refractivity contribution in [3.8, 4) is 11.5 Å². The van der Waals surface area contributed by atoms with E-state index in [2.05, 4.69) is 0 Å². The van der Waals surface area contributed by atoms with Crippen LogP contribution in [0.2, 0.25) is 0 Å². The van der Waals surface area contributed by atoms with Gasteiger partial charge in [0.15, 0.2) is 11.5 Å². The molecule has 2 atom stereocenters. The first-order valence-corrected chi connectivity index (χ1v) is 6.57. The predicted molar refractivity (Wildman–Crippen MR) is 71.5 cm³/mol. The normalized spacial score (nSPS) is 20.8. The van der Waals surface area contributed by atoms with Crippen molar-refractivity contribution < 1.29 is 19.0 Å². The zero-order valence-electron chi connectivity index (χ0n) is 11.6. The van der Waals surface area contributed by atoms with Crippen LogP contribution in [0.1, 0.15) is 18.9 Å². The first kappa shape index (κ1) is 13.7. The lowest BCUT2D eigenvalue weighted by Gasteiger charge is -2.09. The summed E-state index contributed by atoms with van der Waals surface area (Å²) < 4.78 is 15.5. The number of esters is 1. The molecular weight excluding hydrogens is 244 g/mol. The number of rotatable bonds is 6. The molecule has 104 valence electrons. The van der Waals surface area contributed by atoms with Crippen LogP contribution in [-0.2, 0) is 16.0 Å². The van der Waals surface area contributed by atoms with Gasteiger partial charge in [0.25, 0.3) is 0 Å². The Morgan fingerprint density at radius 3 is 2.63 bits per heavy atom.